The molecular weight excluding hydrogens is 192 g/mol. The second-order valence-corrected chi connectivity index (χ2v) is 2.61. The highest BCUT2D eigenvalue weighted by Gasteiger charge is 2.08. The largest absolute Gasteiger partial charge is 0.493 e. The minimum Gasteiger partial charge on any atom is -0.493 e. The summed E-state index contributed by atoms with van der Waals surface area (Å²) in [5.74, 6) is 0.618. The lowest BCUT2D eigenvalue weighted by molar-refractivity contribution is 0.0805. The van der Waals surface area contributed by atoms with Gasteiger partial charge in [0.2, 0.25) is 0 Å². The summed E-state index contributed by atoms with van der Waals surface area (Å²) in [6.07, 6.45) is -2.51. The smallest absolute Gasteiger partial charge is 0.272 e. The number of hydrogen-bond acceptors (Lipinski definition) is 3. The standard InChI is InChI=1S/C9H11F2NO2/c1-13-7-3-2-6(12)4-8(7)14-5-9(10)11/h2-4,9H,5,12H2,1H3. The Balaban J connectivity index is 2.77. The van der Waals surface area contributed by atoms with Crippen LogP contribution in [0.3, 0.4) is 0 Å². The lowest BCUT2D eigenvalue weighted by Crippen LogP contribution is -2.08. The zero-order chi connectivity index (χ0) is 10.6. The Bertz CT molecular complexity index is 305. The van der Waals surface area contributed by atoms with Crippen molar-refractivity contribution in [3.05, 3.63) is 18.2 Å². The van der Waals surface area contributed by atoms with Gasteiger partial charge in [-0.15, -0.1) is 0 Å². The molecule has 0 saturated heterocycles. The molecule has 14 heavy (non-hydrogen) atoms. The van der Waals surface area contributed by atoms with Crippen LogP contribution in [0.2, 0.25) is 0 Å². The van der Waals surface area contributed by atoms with E-state index in [2.05, 4.69) is 0 Å². The Morgan fingerprint density at radius 1 is 1.36 bits per heavy atom. The molecule has 0 fully saturated rings. The van der Waals surface area contributed by atoms with Crippen molar-refractivity contribution in [2.75, 3.05) is 19.5 Å². The number of rotatable bonds is 4. The van der Waals surface area contributed by atoms with E-state index < -0.39 is 13.0 Å². The van der Waals surface area contributed by atoms with E-state index in [0.29, 0.717) is 11.4 Å². The second kappa shape index (κ2) is 4.64. The second-order valence-electron chi connectivity index (χ2n) is 2.61. The maximum Gasteiger partial charge on any atom is 0.272 e. The molecule has 3 nitrogen and oxygen atoms in total. The number of hydrogen-bond donors (Lipinski definition) is 1. The minimum absolute atomic E-state index is 0.229. The van der Waals surface area contributed by atoms with Crippen molar-refractivity contribution in [1.29, 1.82) is 0 Å². The number of nitrogen functional groups attached to an aromatic ring is 1. The molecule has 5 heteroatoms. The highest BCUT2D eigenvalue weighted by molar-refractivity contribution is 5.51. The van der Waals surface area contributed by atoms with Crippen LogP contribution < -0.4 is 15.2 Å². The fourth-order valence-electron chi connectivity index (χ4n) is 0.959. The third-order valence-corrected chi connectivity index (χ3v) is 1.55. The van der Waals surface area contributed by atoms with Crippen LogP contribution in [-0.2, 0) is 0 Å². The molecule has 0 bridgehead atoms. The zero-order valence-electron chi connectivity index (χ0n) is 7.67. The van der Waals surface area contributed by atoms with Gasteiger partial charge in [-0.25, -0.2) is 8.78 Å². The Morgan fingerprint density at radius 2 is 2.07 bits per heavy atom. The predicted octanol–water partition coefficient (Wildman–Crippen LogP) is 1.92. The summed E-state index contributed by atoms with van der Waals surface area (Å²) in [4.78, 5) is 0. The molecule has 0 saturated carbocycles. The quantitative estimate of drug-likeness (QED) is 0.760. The average Bonchev–Trinajstić information content (AvgIpc) is 2.15. The van der Waals surface area contributed by atoms with Gasteiger partial charge in [-0.3, -0.25) is 0 Å². The summed E-state index contributed by atoms with van der Waals surface area (Å²) in [6, 6.07) is 4.62. The molecule has 1 rings (SSSR count). The van der Waals surface area contributed by atoms with Crippen molar-refractivity contribution < 1.29 is 18.3 Å². The summed E-state index contributed by atoms with van der Waals surface area (Å²) in [7, 11) is 1.43. The monoisotopic (exact) mass is 203 g/mol. The van der Waals surface area contributed by atoms with Gasteiger partial charge in [0.05, 0.1) is 7.11 Å². The van der Waals surface area contributed by atoms with Crippen LogP contribution in [0.4, 0.5) is 14.5 Å². The van der Waals surface area contributed by atoms with Crippen LogP contribution in [0.15, 0.2) is 18.2 Å². The van der Waals surface area contributed by atoms with E-state index in [9.17, 15) is 8.78 Å². The topological polar surface area (TPSA) is 44.5 Å². The first kappa shape index (κ1) is 10.6. The molecule has 0 heterocycles. The Hall–Kier alpha value is -1.52. The Kier molecular flexibility index (Phi) is 3.50. The van der Waals surface area contributed by atoms with Gasteiger partial charge >= 0.3 is 0 Å². The molecule has 0 aliphatic heterocycles. The maximum absolute atomic E-state index is 11.9. The van der Waals surface area contributed by atoms with Crippen molar-refractivity contribution in [2.45, 2.75) is 6.43 Å². The SMILES string of the molecule is COc1ccc(N)cc1OCC(F)F. The molecule has 1 aromatic rings. The van der Waals surface area contributed by atoms with Gasteiger partial charge in [0.25, 0.3) is 6.43 Å². The summed E-state index contributed by atoms with van der Waals surface area (Å²) >= 11 is 0. The van der Waals surface area contributed by atoms with Gasteiger partial charge in [0.1, 0.15) is 6.61 Å². The van der Waals surface area contributed by atoms with E-state index in [1.54, 1.807) is 12.1 Å². The average molecular weight is 203 g/mol. The van der Waals surface area contributed by atoms with E-state index in [-0.39, 0.29) is 5.75 Å². The van der Waals surface area contributed by atoms with Crippen molar-refractivity contribution >= 4 is 5.69 Å². The van der Waals surface area contributed by atoms with Crippen molar-refractivity contribution in [2.24, 2.45) is 0 Å². The van der Waals surface area contributed by atoms with E-state index in [1.165, 1.54) is 13.2 Å². The van der Waals surface area contributed by atoms with Gasteiger partial charge < -0.3 is 15.2 Å². The molecular formula is C9H11F2NO2. The number of nitrogens with two attached hydrogens (primary N) is 1. The summed E-state index contributed by atoms with van der Waals surface area (Å²) in [5, 5.41) is 0. The Morgan fingerprint density at radius 3 is 2.64 bits per heavy atom. The molecule has 0 aromatic heterocycles. The normalized spacial score (nSPS) is 10.3. The lowest BCUT2D eigenvalue weighted by atomic mass is 10.3. The number of benzene rings is 1. The number of methoxy groups -OCH3 is 1. The molecule has 0 aliphatic carbocycles. The molecule has 0 unspecified atom stereocenters. The maximum atomic E-state index is 11.9. The number of alkyl halides is 2. The number of anilines is 1. The molecule has 0 aliphatic rings. The van der Waals surface area contributed by atoms with Crippen LogP contribution in [0.25, 0.3) is 0 Å². The van der Waals surface area contributed by atoms with Crippen LogP contribution in [0.5, 0.6) is 11.5 Å². The van der Waals surface area contributed by atoms with Gasteiger partial charge in [-0.1, -0.05) is 0 Å². The Labute approximate surface area is 80.4 Å². The van der Waals surface area contributed by atoms with Crippen LogP contribution in [0.1, 0.15) is 0 Å². The van der Waals surface area contributed by atoms with Gasteiger partial charge in [-0.05, 0) is 12.1 Å². The van der Waals surface area contributed by atoms with E-state index in [1.807, 2.05) is 0 Å². The van der Waals surface area contributed by atoms with Crippen molar-refractivity contribution in [3.8, 4) is 11.5 Å². The highest BCUT2D eigenvalue weighted by Crippen LogP contribution is 2.29. The molecule has 78 valence electrons. The van der Waals surface area contributed by atoms with Crippen molar-refractivity contribution in [3.63, 3.8) is 0 Å². The summed E-state index contributed by atoms with van der Waals surface area (Å²) in [6.45, 7) is -0.667. The number of ether oxygens (including phenoxy) is 2. The fraction of sp³-hybridized carbons (Fsp3) is 0.333. The molecule has 2 N–H and O–H groups in total. The van der Waals surface area contributed by atoms with E-state index >= 15 is 0 Å². The van der Waals surface area contributed by atoms with Crippen molar-refractivity contribution in [1.82, 2.24) is 0 Å². The fourth-order valence-corrected chi connectivity index (χ4v) is 0.959. The molecule has 0 spiro atoms. The zero-order valence-corrected chi connectivity index (χ0v) is 7.67. The van der Waals surface area contributed by atoms with E-state index in [4.69, 9.17) is 15.2 Å². The van der Waals surface area contributed by atoms with E-state index in [0.717, 1.165) is 0 Å². The predicted molar refractivity (Wildman–Crippen MR) is 48.9 cm³/mol. The third-order valence-electron chi connectivity index (χ3n) is 1.55. The summed E-state index contributed by atoms with van der Waals surface area (Å²) in [5.41, 5.74) is 5.91. The molecule has 0 amide bonds. The lowest BCUT2D eigenvalue weighted by Gasteiger charge is -2.10. The number of halogens is 2. The van der Waals surface area contributed by atoms with Gasteiger partial charge in [0, 0.05) is 11.8 Å². The first-order valence-electron chi connectivity index (χ1n) is 3.98. The minimum atomic E-state index is -2.51. The molecule has 1 aromatic carbocycles. The van der Waals surface area contributed by atoms with Crippen LogP contribution in [0, 0.1) is 0 Å². The van der Waals surface area contributed by atoms with Gasteiger partial charge in [-0.2, -0.15) is 0 Å². The van der Waals surface area contributed by atoms with Gasteiger partial charge in [0.15, 0.2) is 11.5 Å². The summed E-state index contributed by atoms with van der Waals surface area (Å²) < 4.78 is 33.4. The molecule has 0 atom stereocenters. The van der Waals surface area contributed by atoms with Crippen LogP contribution >= 0.6 is 0 Å². The highest BCUT2D eigenvalue weighted by atomic mass is 19.3. The van der Waals surface area contributed by atoms with Crippen LogP contribution in [-0.4, -0.2) is 20.1 Å². The molecule has 0 radical (unpaired) electrons. The first-order valence-corrected chi connectivity index (χ1v) is 3.98. The third kappa shape index (κ3) is 2.76. The first-order chi connectivity index (χ1) is 6.63.